The van der Waals surface area contributed by atoms with Gasteiger partial charge in [-0.25, -0.2) is 0 Å². The SMILES string of the molecule is CCOc1cc2occ(-c3ccc(C)cc3C)c2cc1/C(C)=C/C(=O)Nc1ccc(C(C)=O)cc1. The van der Waals surface area contributed by atoms with Crippen molar-refractivity contribution in [3.05, 3.63) is 89.2 Å². The molecule has 4 rings (SSSR count). The lowest BCUT2D eigenvalue weighted by molar-refractivity contribution is -0.111. The van der Waals surface area contributed by atoms with Crippen LogP contribution in [0.15, 0.2) is 71.4 Å². The first-order chi connectivity index (χ1) is 16.8. The van der Waals surface area contributed by atoms with Crippen molar-refractivity contribution in [1.82, 2.24) is 0 Å². The molecule has 0 bridgehead atoms. The Labute approximate surface area is 205 Å². The van der Waals surface area contributed by atoms with Crippen LogP contribution in [0.5, 0.6) is 5.75 Å². The summed E-state index contributed by atoms with van der Waals surface area (Å²) in [5.74, 6) is 0.383. The number of aryl methyl sites for hydroxylation is 2. The van der Waals surface area contributed by atoms with E-state index in [1.807, 2.05) is 26.0 Å². The molecular weight excluding hydrogens is 438 g/mol. The maximum absolute atomic E-state index is 12.7. The minimum absolute atomic E-state index is 0.0168. The molecule has 0 radical (unpaired) electrons. The molecule has 1 heterocycles. The summed E-state index contributed by atoms with van der Waals surface area (Å²) in [5, 5.41) is 3.82. The number of Topliss-reactive ketones (excluding diaryl/α,β-unsaturated/α-hetero) is 1. The maximum Gasteiger partial charge on any atom is 0.248 e. The van der Waals surface area contributed by atoms with Crippen molar-refractivity contribution in [2.24, 2.45) is 0 Å². The van der Waals surface area contributed by atoms with Gasteiger partial charge >= 0.3 is 0 Å². The van der Waals surface area contributed by atoms with Gasteiger partial charge in [0.25, 0.3) is 0 Å². The highest BCUT2D eigenvalue weighted by molar-refractivity contribution is 6.05. The number of ether oxygens (including phenoxy) is 1. The number of fused-ring (bicyclic) bond motifs is 1. The van der Waals surface area contributed by atoms with E-state index in [1.165, 1.54) is 18.1 Å². The molecule has 3 aromatic carbocycles. The molecule has 5 nitrogen and oxygen atoms in total. The van der Waals surface area contributed by atoms with Gasteiger partial charge in [0, 0.05) is 39.9 Å². The van der Waals surface area contributed by atoms with Gasteiger partial charge < -0.3 is 14.5 Å². The van der Waals surface area contributed by atoms with E-state index in [9.17, 15) is 9.59 Å². The van der Waals surface area contributed by atoms with Gasteiger partial charge in [-0.2, -0.15) is 0 Å². The van der Waals surface area contributed by atoms with Crippen molar-refractivity contribution in [2.45, 2.75) is 34.6 Å². The summed E-state index contributed by atoms with van der Waals surface area (Å²) < 4.78 is 11.8. The molecule has 1 aromatic heterocycles. The topological polar surface area (TPSA) is 68.5 Å². The number of allylic oxidation sites excluding steroid dienone is 1. The summed E-state index contributed by atoms with van der Waals surface area (Å²) in [6.07, 6.45) is 3.33. The van der Waals surface area contributed by atoms with Crippen LogP contribution in [0, 0.1) is 13.8 Å². The zero-order chi connectivity index (χ0) is 25.1. The van der Waals surface area contributed by atoms with Crippen molar-refractivity contribution in [3.8, 4) is 16.9 Å². The third-order valence-electron chi connectivity index (χ3n) is 5.98. The lowest BCUT2D eigenvalue weighted by atomic mass is 9.96. The number of rotatable bonds is 7. The monoisotopic (exact) mass is 467 g/mol. The number of anilines is 1. The Bertz CT molecular complexity index is 1440. The van der Waals surface area contributed by atoms with E-state index in [4.69, 9.17) is 9.15 Å². The largest absolute Gasteiger partial charge is 0.493 e. The lowest BCUT2D eigenvalue weighted by Gasteiger charge is -2.12. The molecule has 0 unspecified atom stereocenters. The predicted octanol–water partition coefficient (Wildman–Crippen LogP) is 7.36. The average molecular weight is 468 g/mol. The van der Waals surface area contributed by atoms with Crippen LogP contribution in [0.4, 0.5) is 5.69 Å². The number of amides is 1. The van der Waals surface area contributed by atoms with Gasteiger partial charge in [-0.1, -0.05) is 23.8 Å². The molecule has 0 aliphatic heterocycles. The van der Waals surface area contributed by atoms with Crippen LogP contribution in [0.2, 0.25) is 0 Å². The molecule has 1 amide bonds. The van der Waals surface area contributed by atoms with Crippen LogP contribution in [0.3, 0.4) is 0 Å². The second-order valence-corrected chi connectivity index (χ2v) is 8.70. The third kappa shape index (κ3) is 5.19. The van der Waals surface area contributed by atoms with E-state index in [0.717, 1.165) is 33.2 Å². The number of furan rings is 1. The fourth-order valence-electron chi connectivity index (χ4n) is 4.20. The number of carbonyl (C=O) groups excluding carboxylic acids is 2. The van der Waals surface area contributed by atoms with Gasteiger partial charge in [0.2, 0.25) is 5.91 Å². The molecule has 0 atom stereocenters. The van der Waals surface area contributed by atoms with Crippen LogP contribution in [0.25, 0.3) is 27.7 Å². The lowest BCUT2D eigenvalue weighted by Crippen LogP contribution is -2.09. The predicted molar refractivity (Wildman–Crippen MR) is 141 cm³/mol. The minimum atomic E-state index is -0.262. The molecule has 1 N–H and O–H groups in total. The van der Waals surface area contributed by atoms with Crippen molar-refractivity contribution >= 4 is 33.9 Å². The van der Waals surface area contributed by atoms with Gasteiger partial charge in [0.05, 0.1) is 12.9 Å². The summed E-state index contributed by atoms with van der Waals surface area (Å²) in [4.78, 5) is 24.2. The number of nitrogens with one attached hydrogen (secondary N) is 1. The quantitative estimate of drug-likeness (QED) is 0.228. The molecule has 0 fully saturated rings. The maximum atomic E-state index is 12.7. The molecule has 0 saturated heterocycles. The zero-order valence-electron chi connectivity index (χ0n) is 20.7. The summed E-state index contributed by atoms with van der Waals surface area (Å²) in [6.45, 7) is 9.98. The van der Waals surface area contributed by atoms with Crippen LogP contribution < -0.4 is 10.1 Å². The van der Waals surface area contributed by atoms with Crippen molar-refractivity contribution in [2.75, 3.05) is 11.9 Å². The molecule has 178 valence electrons. The molecular formula is C30H29NO4. The van der Waals surface area contributed by atoms with Crippen molar-refractivity contribution < 1.29 is 18.7 Å². The molecule has 0 aliphatic rings. The highest BCUT2D eigenvalue weighted by Crippen LogP contribution is 2.38. The first-order valence-electron chi connectivity index (χ1n) is 11.6. The Kier molecular flexibility index (Phi) is 6.87. The number of ketones is 1. The standard InChI is InChI=1S/C30H29NO4/c1-6-34-28-16-29-26(27(17-35-29)24-12-7-18(2)13-19(24)3)15-25(28)20(4)14-30(33)31-23-10-8-22(9-11-23)21(5)32/h7-17H,6H2,1-5H3,(H,31,33)/b20-14+. The third-order valence-corrected chi connectivity index (χ3v) is 5.98. The van der Waals surface area contributed by atoms with Crippen molar-refractivity contribution in [1.29, 1.82) is 0 Å². The summed E-state index contributed by atoms with van der Waals surface area (Å²) >= 11 is 0. The Morgan fingerprint density at radius 1 is 0.971 bits per heavy atom. The van der Waals surface area contributed by atoms with E-state index in [0.29, 0.717) is 23.6 Å². The highest BCUT2D eigenvalue weighted by atomic mass is 16.5. The van der Waals surface area contributed by atoms with Crippen LogP contribution in [-0.4, -0.2) is 18.3 Å². The Balaban J connectivity index is 1.70. The van der Waals surface area contributed by atoms with E-state index < -0.39 is 0 Å². The van der Waals surface area contributed by atoms with Crippen LogP contribution in [-0.2, 0) is 4.79 Å². The first kappa shape index (κ1) is 24.0. The molecule has 35 heavy (non-hydrogen) atoms. The molecule has 5 heteroatoms. The summed E-state index contributed by atoms with van der Waals surface area (Å²) in [7, 11) is 0. The van der Waals surface area contributed by atoms with E-state index in [1.54, 1.807) is 36.6 Å². The van der Waals surface area contributed by atoms with E-state index in [2.05, 4.69) is 37.4 Å². The molecule has 0 saturated carbocycles. The molecule has 0 aliphatic carbocycles. The Hall–Kier alpha value is -4.12. The Morgan fingerprint density at radius 2 is 1.71 bits per heavy atom. The second kappa shape index (κ2) is 10.0. The van der Waals surface area contributed by atoms with Gasteiger partial charge in [-0.3, -0.25) is 9.59 Å². The zero-order valence-corrected chi connectivity index (χ0v) is 20.7. The minimum Gasteiger partial charge on any atom is -0.493 e. The normalized spacial score (nSPS) is 11.5. The number of benzene rings is 3. The van der Waals surface area contributed by atoms with Gasteiger partial charge in [-0.05, 0) is 81.7 Å². The first-order valence-corrected chi connectivity index (χ1v) is 11.6. The van der Waals surface area contributed by atoms with Gasteiger partial charge in [0.15, 0.2) is 5.78 Å². The van der Waals surface area contributed by atoms with Gasteiger partial charge in [0.1, 0.15) is 11.3 Å². The number of hydrogen-bond donors (Lipinski definition) is 1. The molecule has 0 spiro atoms. The van der Waals surface area contributed by atoms with Gasteiger partial charge in [-0.15, -0.1) is 0 Å². The van der Waals surface area contributed by atoms with Crippen LogP contribution in [0.1, 0.15) is 47.8 Å². The highest BCUT2D eigenvalue weighted by Gasteiger charge is 2.16. The van der Waals surface area contributed by atoms with Crippen LogP contribution >= 0.6 is 0 Å². The molecule has 4 aromatic rings. The van der Waals surface area contributed by atoms with E-state index >= 15 is 0 Å². The van der Waals surface area contributed by atoms with Crippen molar-refractivity contribution in [3.63, 3.8) is 0 Å². The number of hydrogen-bond acceptors (Lipinski definition) is 4. The second-order valence-electron chi connectivity index (χ2n) is 8.70. The van der Waals surface area contributed by atoms with E-state index in [-0.39, 0.29) is 11.7 Å². The Morgan fingerprint density at radius 3 is 2.37 bits per heavy atom. The fourth-order valence-corrected chi connectivity index (χ4v) is 4.20. The summed E-state index contributed by atoms with van der Waals surface area (Å²) in [6, 6.07) is 17.1. The number of carbonyl (C=O) groups is 2. The summed E-state index contributed by atoms with van der Waals surface area (Å²) in [5.41, 5.74) is 8.04. The average Bonchev–Trinajstić information content (AvgIpc) is 3.21. The fraction of sp³-hybridized carbons (Fsp3) is 0.200. The smallest absolute Gasteiger partial charge is 0.248 e.